The van der Waals surface area contributed by atoms with Crippen molar-refractivity contribution in [2.24, 2.45) is 11.1 Å². The Labute approximate surface area is 182 Å². The van der Waals surface area contributed by atoms with Crippen LogP contribution < -0.4 is 11.1 Å². The summed E-state index contributed by atoms with van der Waals surface area (Å²) in [5.41, 5.74) is 6.40. The van der Waals surface area contributed by atoms with Crippen molar-refractivity contribution in [2.45, 2.75) is 26.8 Å². The van der Waals surface area contributed by atoms with Crippen LogP contribution in [-0.4, -0.2) is 35.5 Å². The van der Waals surface area contributed by atoms with E-state index in [0.717, 1.165) is 17.7 Å². The third kappa shape index (κ3) is 5.82. The Balaban J connectivity index is 1.84. The summed E-state index contributed by atoms with van der Waals surface area (Å²) in [5, 5.41) is 2.88. The largest absolute Gasteiger partial charge is 0.356 e. The molecule has 1 radical (unpaired) electrons. The molecule has 3 rings (SSSR count). The first-order valence-corrected chi connectivity index (χ1v) is 10.4. The van der Waals surface area contributed by atoms with Gasteiger partial charge in [0.25, 0.3) is 0 Å². The van der Waals surface area contributed by atoms with Crippen molar-refractivity contribution in [1.29, 1.82) is 0 Å². The third-order valence-electron chi connectivity index (χ3n) is 5.11. The number of carbonyl (C=O) groups excluding carboxylic acids is 1. The highest BCUT2D eigenvalue weighted by molar-refractivity contribution is 5.83. The maximum atomic E-state index is 14.6. The molecule has 5 nitrogen and oxygen atoms in total. The Morgan fingerprint density at radius 2 is 1.94 bits per heavy atom. The minimum atomic E-state index is -0.861. The van der Waals surface area contributed by atoms with Crippen LogP contribution in [0.3, 0.4) is 0 Å². The molecule has 31 heavy (non-hydrogen) atoms. The van der Waals surface area contributed by atoms with Gasteiger partial charge in [-0.25, -0.2) is 8.78 Å². The molecule has 7 heteroatoms. The van der Waals surface area contributed by atoms with Crippen molar-refractivity contribution in [3.8, 4) is 0 Å². The molecule has 0 atom stereocenters. The van der Waals surface area contributed by atoms with E-state index >= 15 is 0 Å². The number of rotatable bonds is 9. The molecule has 1 aliphatic heterocycles. The van der Waals surface area contributed by atoms with Crippen LogP contribution in [0.5, 0.6) is 0 Å². The van der Waals surface area contributed by atoms with E-state index in [9.17, 15) is 13.6 Å². The van der Waals surface area contributed by atoms with E-state index in [-0.39, 0.29) is 11.5 Å². The highest BCUT2D eigenvalue weighted by atomic mass is 19.1. The molecule has 0 saturated carbocycles. The average Bonchev–Trinajstić information content (AvgIpc) is 3.11. The van der Waals surface area contributed by atoms with Gasteiger partial charge >= 0.3 is 0 Å². The molecule has 165 valence electrons. The first kappa shape index (κ1) is 22.7. The molecule has 0 bridgehead atoms. The quantitative estimate of drug-likeness (QED) is 0.599. The van der Waals surface area contributed by atoms with E-state index < -0.39 is 17.0 Å². The Bertz CT molecular complexity index is 930. The molecule has 0 aliphatic carbocycles. The minimum absolute atomic E-state index is 0.151. The van der Waals surface area contributed by atoms with Gasteiger partial charge in [-0.3, -0.25) is 4.79 Å². The maximum absolute atomic E-state index is 14.6. The molecule has 0 saturated heterocycles. The molecule has 0 spiro atoms. The van der Waals surface area contributed by atoms with Gasteiger partial charge in [0.2, 0.25) is 5.91 Å². The lowest BCUT2D eigenvalue weighted by Gasteiger charge is -2.32. The first-order valence-electron chi connectivity index (χ1n) is 10.4. The molecule has 3 N–H and O–H groups in total. The van der Waals surface area contributed by atoms with Crippen LogP contribution in [0.2, 0.25) is 0 Å². The van der Waals surface area contributed by atoms with Crippen molar-refractivity contribution in [2.75, 3.05) is 19.8 Å². The predicted octanol–water partition coefficient (Wildman–Crippen LogP) is 3.69. The second-order valence-electron chi connectivity index (χ2n) is 8.23. The average molecular weight is 428 g/mol. The minimum Gasteiger partial charge on any atom is -0.356 e. The van der Waals surface area contributed by atoms with Crippen molar-refractivity contribution in [3.63, 3.8) is 0 Å². The zero-order valence-electron chi connectivity index (χ0n) is 17.9. The summed E-state index contributed by atoms with van der Waals surface area (Å²) in [4.78, 5) is 16.5. The van der Waals surface area contributed by atoms with E-state index in [1.165, 1.54) is 6.07 Å². The molecule has 2 aromatic carbocycles. The highest BCUT2D eigenvalue weighted by Crippen LogP contribution is 2.34. The van der Waals surface area contributed by atoms with Gasteiger partial charge < -0.3 is 20.9 Å². The van der Waals surface area contributed by atoms with Crippen LogP contribution in [0.1, 0.15) is 31.4 Å². The molecule has 0 unspecified atom stereocenters. The number of nitrogens with one attached hydrogen (secondary N) is 1. The van der Waals surface area contributed by atoms with E-state index in [1.54, 1.807) is 20.4 Å². The van der Waals surface area contributed by atoms with Gasteiger partial charge in [-0.1, -0.05) is 30.3 Å². The Kier molecular flexibility index (Phi) is 7.28. The van der Waals surface area contributed by atoms with E-state index in [0.29, 0.717) is 38.4 Å². The predicted molar refractivity (Wildman–Crippen MR) is 118 cm³/mol. The summed E-state index contributed by atoms with van der Waals surface area (Å²) in [7, 11) is 0. The van der Waals surface area contributed by atoms with Gasteiger partial charge in [0.1, 0.15) is 11.6 Å². The number of halogens is 2. The first-order chi connectivity index (χ1) is 14.8. The molecule has 1 heterocycles. The molecular formula is C24H29F2N4O. The molecule has 2 aromatic rings. The monoisotopic (exact) mass is 427 g/mol. The molecular weight excluding hydrogens is 398 g/mol. The lowest BCUT2D eigenvalue weighted by atomic mass is 9.91. The van der Waals surface area contributed by atoms with Gasteiger partial charge in [0.05, 0.1) is 24.3 Å². The lowest BCUT2D eigenvalue weighted by molar-refractivity contribution is -0.128. The van der Waals surface area contributed by atoms with E-state index in [1.807, 2.05) is 46.3 Å². The smallest absolute Gasteiger partial charge is 0.227 e. The summed E-state index contributed by atoms with van der Waals surface area (Å²) >= 11 is 0. The Morgan fingerprint density at radius 3 is 2.65 bits per heavy atom. The van der Waals surface area contributed by atoms with E-state index in [4.69, 9.17) is 5.73 Å². The lowest BCUT2D eigenvalue weighted by Crippen LogP contribution is -2.42. The van der Waals surface area contributed by atoms with Crippen LogP contribution in [0.15, 0.2) is 54.7 Å². The number of nitrogens with zero attached hydrogens (tertiary/aromatic N) is 2. The van der Waals surface area contributed by atoms with Crippen LogP contribution in [-0.2, 0) is 11.3 Å². The van der Waals surface area contributed by atoms with Gasteiger partial charge in [-0.05, 0) is 50.6 Å². The number of hydrogen-bond donors (Lipinski definition) is 2. The summed E-state index contributed by atoms with van der Waals surface area (Å²) in [6.07, 6.45) is 2.50. The summed E-state index contributed by atoms with van der Waals surface area (Å²) in [6.45, 7) is 7.37. The topological polar surface area (TPSA) is 61.6 Å². The summed E-state index contributed by atoms with van der Waals surface area (Å²) in [6, 6.07) is 13.3. The van der Waals surface area contributed by atoms with E-state index in [2.05, 4.69) is 5.32 Å². The van der Waals surface area contributed by atoms with Gasteiger partial charge in [0.15, 0.2) is 0 Å². The van der Waals surface area contributed by atoms with Gasteiger partial charge in [-0.2, -0.15) is 0 Å². The summed E-state index contributed by atoms with van der Waals surface area (Å²) < 4.78 is 28.5. The number of nitrogens with two attached hydrogens (primary N) is 1. The molecule has 0 fully saturated rings. The van der Waals surface area contributed by atoms with Crippen LogP contribution >= 0.6 is 0 Å². The fraction of sp³-hybridized carbons (Fsp3) is 0.333. The second kappa shape index (κ2) is 9.92. The second-order valence-corrected chi connectivity index (χ2v) is 8.23. The number of amides is 1. The SMILES string of the molecule is CC(C)([CH]N1CN(Cc2ccccc2)C=C1c1cc(F)ccc1F)C(=O)NCCCN. The third-order valence-corrected chi connectivity index (χ3v) is 5.11. The number of carbonyl (C=O) groups is 1. The molecule has 1 aliphatic rings. The van der Waals surface area contributed by atoms with Gasteiger partial charge in [0, 0.05) is 24.9 Å². The molecule has 1 amide bonds. The standard InChI is InChI=1S/C24H29F2N4O/c1-24(2,23(31)28-12-6-11-27)16-30-17-29(14-18-7-4-3-5-8-18)15-22(30)20-13-19(25)9-10-21(20)26/h3-5,7-10,13,15-16H,6,11-12,14,17,27H2,1-2H3,(H,28,31). The Morgan fingerprint density at radius 1 is 1.19 bits per heavy atom. The molecule has 0 aromatic heterocycles. The van der Waals surface area contributed by atoms with Crippen LogP contribution in [0.4, 0.5) is 8.78 Å². The fourth-order valence-corrected chi connectivity index (χ4v) is 3.48. The maximum Gasteiger partial charge on any atom is 0.227 e. The zero-order valence-corrected chi connectivity index (χ0v) is 17.9. The summed E-state index contributed by atoms with van der Waals surface area (Å²) in [5.74, 6) is -1.18. The Hall–Kier alpha value is -2.93. The van der Waals surface area contributed by atoms with Gasteiger partial charge in [-0.15, -0.1) is 0 Å². The van der Waals surface area contributed by atoms with Crippen molar-refractivity contribution in [1.82, 2.24) is 15.1 Å². The highest BCUT2D eigenvalue weighted by Gasteiger charge is 2.35. The van der Waals surface area contributed by atoms with Crippen LogP contribution in [0.25, 0.3) is 5.70 Å². The van der Waals surface area contributed by atoms with Crippen molar-refractivity contribution < 1.29 is 13.6 Å². The normalized spacial score (nSPS) is 14.0. The number of hydrogen-bond acceptors (Lipinski definition) is 4. The van der Waals surface area contributed by atoms with Crippen molar-refractivity contribution in [3.05, 3.63) is 84.0 Å². The fourth-order valence-electron chi connectivity index (χ4n) is 3.48. The zero-order chi connectivity index (χ0) is 22.4. The van der Waals surface area contributed by atoms with Crippen LogP contribution in [0, 0.1) is 23.6 Å². The number of benzene rings is 2. The van der Waals surface area contributed by atoms with Crippen molar-refractivity contribution >= 4 is 11.6 Å².